The van der Waals surface area contributed by atoms with Crippen LogP contribution in [0.2, 0.25) is 0 Å². The summed E-state index contributed by atoms with van der Waals surface area (Å²) in [5.74, 6) is 1.22. The predicted molar refractivity (Wildman–Crippen MR) is 91.5 cm³/mol. The van der Waals surface area contributed by atoms with Crippen molar-refractivity contribution in [3.63, 3.8) is 0 Å². The van der Waals surface area contributed by atoms with Gasteiger partial charge in [0.15, 0.2) is 5.76 Å². The highest BCUT2D eigenvalue weighted by atomic mass is 16.6. The monoisotopic (exact) mass is 352 g/mol. The number of hydrogen-bond acceptors (Lipinski definition) is 6. The van der Waals surface area contributed by atoms with Crippen LogP contribution in [0.15, 0.2) is 16.5 Å². The van der Waals surface area contributed by atoms with E-state index in [1.54, 1.807) is 17.0 Å². The van der Waals surface area contributed by atoms with Gasteiger partial charge in [-0.25, -0.2) is 0 Å². The smallest absolute Gasteiger partial charge is 0.289 e. The third-order valence-corrected chi connectivity index (χ3v) is 5.55. The number of carbonyl (C=O) groups excluding carboxylic acids is 1. The van der Waals surface area contributed by atoms with Gasteiger partial charge >= 0.3 is 0 Å². The molecule has 2 fully saturated rings. The van der Waals surface area contributed by atoms with Crippen LogP contribution in [-0.2, 0) is 0 Å². The lowest BCUT2D eigenvalue weighted by atomic mass is 9.93. The Hall–Kier alpha value is -1.57. The maximum atomic E-state index is 12.6. The number of furan rings is 1. The summed E-state index contributed by atoms with van der Waals surface area (Å²) in [4.78, 5) is 16.8. The van der Waals surface area contributed by atoms with E-state index in [1.165, 1.54) is 7.11 Å². The van der Waals surface area contributed by atoms with Crippen molar-refractivity contribution in [3.05, 3.63) is 17.9 Å². The molecule has 1 aromatic heterocycles. The van der Waals surface area contributed by atoms with Gasteiger partial charge in [0.2, 0.25) is 0 Å². The molecule has 1 aromatic rings. The average Bonchev–Trinajstić information content (AvgIpc) is 3.28. The lowest BCUT2D eigenvalue weighted by Crippen LogP contribution is -2.40. The SMILES string of the molecule is COc1ccc(C(=O)N2C[C@@H](CN3CCC(CO)CC3)[C@@H](CO)C2)o1. The van der Waals surface area contributed by atoms with Crippen LogP contribution in [-0.4, -0.2) is 79.0 Å². The largest absolute Gasteiger partial charge is 0.468 e. The van der Waals surface area contributed by atoms with Crippen molar-refractivity contribution >= 4 is 5.91 Å². The summed E-state index contributed by atoms with van der Waals surface area (Å²) >= 11 is 0. The number of nitrogens with zero attached hydrogens (tertiary/aromatic N) is 2. The summed E-state index contributed by atoms with van der Waals surface area (Å²) in [5, 5.41) is 19.0. The summed E-state index contributed by atoms with van der Waals surface area (Å²) in [6.07, 6.45) is 2.03. The third-order valence-electron chi connectivity index (χ3n) is 5.55. The van der Waals surface area contributed by atoms with Crippen molar-refractivity contribution in [1.82, 2.24) is 9.80 Å². The standard InChI is InChI=1S/C18H28N2O5/c1-24-17-3-2-16(25-17)18(23)20-9-14(15(10-20)12-22)8-19-6-4-13(11-21)5-7-19/h2-3,13-15,21-22H,4-12H2,1H3/t14-,15-/m1/s1. The Morgan fingerprint density at radius 1 is 1.20 bits per heavy atom. The molecule has 2 N–H and O–H groups in total. The zero-order valence-electron chi connectivity index (χ0n) is 14.8. The van der Waals surface area contributed by atoms with Gasteiger partial charge in [0, 0.05) is 44.8 Å². The number of carbonyl (C=O) groups is 1. The minimum absolute atomic E-state index is 0.0863. The third kappa shape index (κ3) is 4.16. The van der Waals surface area contributed by atoms with E-state index in [-0.39, 0.29) is 36.7 Å². The zero-order chi connectivity index (χ0) is 17.8. The lowest BCUT2D eigenvalue weighted by molar-refractivity contribution is 0.0738. The van der Waals surface area contributed by atoms with Crippen molar-refractivity contribution in [2.24, 2.45) is 17.8 Å². The van der Waals surface area contributed by atoms with Crippen LogP contribution in [0.1, 0.15) is 23.4 Å². The number of aliphatic hydroxyl groups is 2. The van der Waals surface area contributed by atoms with Crippen LogP contribution in [0.25, 0.3) is 0 Å². The predicted octanol–water partition coefficient (Wildman–Crippen LogP) is 0.673. The maximum absolute atomic E-state index is 12.6. The zero-order valence-corrected chi connectivity index (χ0v) is 14.8. The van der Waals surface area contributed by atoms with Crippen LogP contribution >= 0.6 is 0 Å². The second-order valence-corrected chi connectivity index (χ2v) is 7.16. The molecule has 1 amide bonds. The van der Waals surface area contributed by atoms with E-state index in [0.29, 0.717) is 25.0 Å². The molecule has 7 heteroatoms. The summed E-state index contributed by atoms with van der Waals surface area (Å²) in [5.41, 5.74) is 0. The number of rotatable bonds is 6. The average molecular weight is 352 g/mol. The fraction of sp³-hybridized carbons (Fsp3) is 0.722. The molecule has 2 aliphatic rings. The molecular formula is C18H28N2O5. The first-order valence-corrected chi connectivity index (χ1v) is 9.01. The Morgan fingerprint density at radius 2 is 1.92 bits per heavy atom. The van der Waals surface area contributed by atoms with Gasteiger partial charge in [0.25, 0.3) is 11.9 Å². The summed E-state index contributed by atoms with van der Waals surface area (Å²) in [6.45, 7) is 4.37. The number of ether oxygens (including phenoxy) is 1. The molecule has 0 aliphatic carbocycles. The first kappa shape index (κ1) is 18.2. The normalized spacial score (nSPS) is 25.5. The highest BCUT2D eigenvalue weighted by molar-refractivity contribution is 5.91. The van der Waals surface area contributed by atoms with E-state index in [2.05, 4.69) is 4.90 Å². The molecule has 2 aliphatic heterocycles. The number of aliphatic hydroxyl groups excluding tert-OH is 2. The first-order chi connectivity index (χ1) is 12.1. The van der Waals surface area contributed by atoms with E-state index in [1.807, 2.05) is 0 Å². The second-order valence-electron chi connectivity index (χ2n) is 7.16. The van der Waals surface area contributed by atoms with Crippen molar-refractivity contribution in [2.45, 2.75) is 12.8 Å². The van der Waals surface area contributed by atoms with Crippen molar-refractivity contribution in [1.29, 1.82) is 0 Å². The van der Waals surface area contributed by atoms with Crippen molar-refractivity contribution in [2.75, 3.05) is 53.0 Å². The fourth-order valence-corrected chi connectivity index (χ4v) is 3.90. The van der Waals surface area contributed by atoms with Gasteiger partial charge in [0.1, 0.15) is 0 Å². The van der Waals surface area contributed by atoms with E-state index in [0.717, 1.165) is 32.5 Å². The molecule has 2 saturated heterocycles. The maximum Gasteiger partial charge on any atom is 0.289 e. The van der Waals surface area contributed by atoms with Gasteiger partial charge < -0.3 is 29.2 Å². The quantitative estimate of drug-likeness (QED) is 0.783. The molecule has 0 unspecified atom stereocenters. The fourth-order valence-electron chi connectivity index (χ4n) is 3.90. The Morgan fingerprint density at radius 3 is 2.52 bits per heavy atom. The topological polar surface area (TPSA) is 86.4 Å². The molecule has 0 aromatic carbocycles. The number of piperidine rings is 1. The lowest BCUT2D eigenvalue weighted by Gasteiger charge is -2.33. The van der Waals surface area contributed by atoms with E-state index >= 15 is 0 Å². The minimum atomic E-state index is -0.150. The minimum Gasteiger partial charge on any atom is -0.468 e. The van der Waals surface area contributed by atoms with Gasteiger partial charge in [-0.05, 0) is 43.8 Å². The van der Waals surface area contributed by atoms with Crippen LogP contribution in [0, 0.1) is 17.8 Å². The number of methoxy groups -OCH3 is 1. The van der Waals surface area contributed by atoms with Gasteiger partial charge in [-0.15, -0.1) is 0 Å². The molecule has 7 nitrogen and oxygen atoms in total. The summed E-state index contributed by atoms with van der Waals surface area (Å²) in [6, 6.07) is 3.26. The Kier molecular flexibility index (Phi) is 5.98. The molecule has 0 bridgehead atoms. The van der Waals surface area contributed by atoms with Crippen molar-refractivity contribution < 1.29 is 24.2 Å². The number of hydrogen-bond donors (Lipinski definition) is 2. The van der Waals surface area contributed by atoms with Gasteiger partial charge in [-0.1, -0.05) is 0 Å². The molecule has 2 atom stereocenters. The number of likely N-dealkylation sites (tertiary alicyclic amines) is 2. The van der Waals surface area contributed by atoms with E-state index < -0.39 is 0 Å². The van der Waals surface area contributed by atoms with Crippen molar-refractivity contribution in [3.8, 4) is 5.95 Å². The van der Waals surface area contributed by atoms with Crippen LogP contribution in [0.3, 0.4) is 0 Å². The van der Waals surface area contributed by atoms with E-state index in [9.17, 15) is 15.0 Å². The summed E-state index contributed by atoms with van der Waals surface area (Å²) < 4.78 is 10.4. The Bertz CT molecular complexity index is 568. The first-order valence-electron chi connectivity index (χ1n) is 9.01. The second kappa shape index (κ2) is 8.21. The highest BCUT2D eigenvalue weighted by Gasteiger charge is 2.37. The number of amides is 1. The molecule has 0 radical (unpaired) electrons. The Labute approximate surface area is 148 Å². The van der Waals surface area contributed by atoms with Gasteiger partial charge in [-0.3, -0.25) is 4.79 Å². The van der Waals surface area contributed by atoms with Crippen LogP contribution in [0.4, 0.5) is 0 Å². The van der Waals surface area contributed by atoms with Gasteiger partial charge in [0.05, 0.1) is 7.11 Å². The molecule has 140 valence electrons. The molecule has 0 saturated carbocycles. The molecule has 3 rings (SSSR count). The Balaban J connectivity index is 1.57. The molecule has 25 heavy (non-hydrogen) atoms. The van der Waals surface area contributed by atoms with Crippen LogP contribution in [0.5, 0.6) is 5.95 Å². The molecule has 3 heterocycles. The van der Waals surface area contributed by atoms with Gasteiger partial charge in [-0.2, -0.15) is 0 Å². The highest BCUT2D eigenvalue weighted by Crippen LogP contribution is 2.28. The van der Waals surface area contributed by atoms with Crippen LogP contribution < -0.4 is 4.74 Å². The molecule has 0 spiro atoms. The molecular weight excluding hydrogens is 324 g/mol. The summed E-state index contributed by atoms with van der Waals surface area (Å²) in [7, 11) is 1.50. The van der Waals surface area contributed by atoms with E-state index in [4.69, 9.17) is 9.15 Å².